The Labute approximate surface area is 233 Å². The summed E-state index contributed by atoms with van der Waals surface area (Å²) in [5.74, 6) is 0.365. The lowest BCUT2D eigenvalue weighted by molar-refractivity contribution is 0.0303. The molecule has 1 aromatic heterocycles. The van der Waals surface area contributed by atoms with Crippen LogP contribution < -0.4 is 21.3 Å². The molecule has 0 aliphatic carbocycles. The number of hydrogen-bond donors (Lipinski definition) is 3. The number of nitrogens with two attached hydrogens (primary N) is 1. The summed E-state index contributed by atoms with van der Waals surface area (Å²) in [6.45, 7) is 7.21. The molecule has 40 heavy (non-hydrogen) atoms. The number of piperidine rings is 2. The highest BCUT2D eigenvalue weighted by molar-refractivity contribution is 5.97. The van der Waals surface area contributed by atoms with Gasteiger partial charge in [0.05, 0.1) is 13.2 Å². The minimum atomic E-state index is -0.757. The Kier molecular flexibility index (Phi) is 8.58. The smallest absolute Gasteiger partial charge is 0.317 e. The summed E-state index contributed by atoms with van der Waals surface area (Å²) < 4.78 is 5.32. The van der Waals surface area contributed by atoms with Crippen molar-refractivity contribution in [1.82, 2.24) is 30.3 Å². The van der Waals surface area contributed by atoms with Gasteiger partial charge in [-0.2, -0.15) is 4.98 Å². The summed E-state index contributed by atoms with van der Waals surface area (Å²) in [7, 11) is 0. The number of rotatable bonds is 6. The van der Waals surface area contributed by atoms with E-state index in [9.17, 15) is 14.4 Å². The fourth-order valence-corrected chi connectivity index (χ4v) is 5.24. The Morgan fingerprint density at radius 2 is 1.68 bits per heavy atom. The van der Waals surface area contributed by atoms with E-state index < -0.39 is 5.91 Å². The summed E-state index contributed by atoms with van der Waals surface area (Å²) in [5, 5.41) is 14.5. The van der Waals surface area contributed by atoms with E-state index in [1.807, 2.05) is 9.80 Å². The lowest BCUT2D eigenvalue weighted by Crippen LogP contribution is -2.53. The number of nitrogens with one attached hydrogen (secondary N) is 2. The molecule has 3 aliphatic rings. The highest BCUT2D eigenvalue weighted by atomic mass is 16.5. The van der Waals surface area contributed by atoms with Gasteiger partial charge in [0.2, 0.25) is 5.95 Å². The zero-order valence-corrected chi connectivity index (χ0v) is 22.8. The third-order valence-electron chi connectivity index (χ3n) is 7.70. The van der Waals surface area contributed by atoms with Crippen LogP contribution in [-0.2, 0) is 4.74 Å². The van der Waals surface area contributed by atoms with E-state index in [0.29, 0.717) is 62.5 Å². The molecule has 2 aromatic rings. The molecule has 4 N–H and O–H groups in total. The maximum absolute atomic E-state index is 12.8. The Morgan fingerprint density at radius 1 is 0.950 bits per heavy atom. The van der Waals surface area contributed by atoms with Gasteiger partial charge < -0.3 is 35.8 Å². The topological polar surface area (TPSA) is 159 Å². The van der Waals surface area contributed by atoms with Gasteiger partial charge in [-0.25, -0.2) is 4.79 Å². The molecule has 214 valence electrons. The van der Waals surface area contributed by atoms with Crippen LogP contribution in [0.25, 0.3) is 0 Å². The third kappa shape index (κ3) is 6.58. The first kappa shape index (κ1) is 27.6. The molecule has 3 aliphatic heterocycles. The van der Waals surface area contributed by atoms with E-state index in [1.54, 1.807) is 29.2 Å². The molecule has 0 saturated carbocycles. The average Bonchev–Trinajstić information content (AvgIpc) is 2.98. The van der Waals surface area contributed by atoms with Gasteiger partial charge in [0, 0.05) is 56.6 Å². The lowest BCUT2D eigenvalue weighted by atomic mass is 9.99. The fourth-order valence-electron chi connectivity index (χ4n) is 5.24. The molecular formula is C27H37N9O4. The van der Waals surface area contributed by atoms with Crippen LogP contribution in [0.4, 0.5) is 22.2 Å². The number of ether oxygens (including phenoxy) is 1. The van der Waals surface area contributed by atoms with E-state index >= 15 is 0 Å². The van der Waals surface area contributed by atoms with Gasteiger partial charge in [-0.15, -0.1) is 10.2 Å². The number of primary amides is 1. The number of anilines is 3. The Hall–Kier alpha value is -4.00. The van der Waals surface area contributed by atoms with Gasteiger partial charge in [0.15, 0.2) is 11.5 Å². The molecule has 13 nitrogen and oxygen atoms in total. The minimum absolute atomic E-state index is 0.0280. The van der Waals surface area contributed by atoms with E-state index in [-0.39, 0.29) is 29.5 Å². The van der Waals surface area contributed by atoms with Gasteiger partial charge in [-0.3, -0.25) is 9.59 Å². The molecule has 0 bridgehead atoms. The van der Waals surface area contributed by atoms with Crippen molar-refractivity contribution >= 4 is 35.3 Å². The Morgan fingerprint density at radius 3 is 2.38 bits per heavy atom. The van der Waals surface area contributed by atoms with Crippen molar-refractivity contribution < 1.29 is 19.1 Å². The maximum atomic E-state index is 12.8. The largest absolute Gasteiger partial charge is 0.378 e. The van der Waals surface area contributed by atoms with Gasteiger partial charge in [-0.05, 0) is 55.9 Å². The number of carbonyl (C=O) groups excluding carboxylic acids is 3. The zero-order chi connectivity index (χ0) is 28.1. The van der Waals surface area contributed by atoms with E-state index in [2.05, 4.69) is 32.7 Å². The van der Waals surface area contributed by atoms with Crippen molar-refractivity contribution in [3.8, 4) is 0 Å². The highest BCUT2D eigenvalue weighted by Crippen LogP contribution is 2.23. The standard InChI is InChI=1S/C27H37N9O4/c1-18-8-11-35(12-9-18)27(39)30-21-3-2-10-36(17-21)26-31-24(22(23(28)37)32-33-26)29-20-6-4-19(5-7-20)25(38)34-13-15-40-16-14-34/h4-7,18,21H,2-3,8-17H2,1H3,(H2,28,37)(H,30,39)(H,29,31,33)/t21-/m1/s1. The number of amides is 4. The number of nitrogens with zero attached hydrogens (tertiary/aromatic N) is 6. The highest BCUT2D eigenvalue weighted by Gasteiger charge is 2.28. The van der Waals surface area contributed by atoms with Crippen LogP contribution in [0.3, 0.4) is 0 Å². The molecule has 4 amide bonds. The lowest BCUT2D eigenvalue weighted by Gasteiger charge is -2.36. The predicted molar refractivity (Wildman–Crippen MR) is 149 cm³/mol. The SMILES string of the molecule is CC1CCN(C(=O)N[C@@H]2CCCN(c3nnc(C(N)=O)c(Nc4ccc(C(=O)N5CCOCC5)cc4)n3)C2)CC1. The number of likely N-dealkylation sites (tertiary alicyclic amines) is 1. The van der Waals surface area contributed by atoms with Gasteiger partial charge in [0.1, 0.15) is 0 Å². The van der Waals surface area contributed by atoms with Crippen LogP contribution in [0, 0.1) is 5.92 Å². The second-order valence-electron chi connectivity index (χ2n) is 10.7. The zero-order valence-electron chi connectivity index (χ0n) is 22.8. The van der Waals surface area contributed by atoms with Crippen molar-refractivity contribution in [2.75, 3.05) is 62.7 Å². The summed E-state index contributed by atoms with van der Waals surface area (Å²) in [6.07, 6.45) is 3.77. The van der Waals surface area contributed by atoms with Crippen LogP contribution in [0.2, 0.25) is 0 Å². The molecule has 13 heteroatoms. The number of benzene rings is 1. The van der Waals surface area contributed by atoms with Gasteiger partial charge in [-0.1, -0.05) is 6.92 Å². The number of urea groups is 1. The number of morpholine rings is 1. The molecule has 0 unspecified atom stereocenters. The quantitative estimate of drug-likeness (QED) is 0.485. The van der Waals surface area contributed by atoms with Crippen LogP contribution >= 0.6 is 0 Å². The Balaban J connectivity index is 1.25. The molecule has 1 atom stereocenters. The summed E-state index contributed by atoms with van der Waals surface area (Å²) in [5.41, 5.74) is 6.64. The van der Waals surface area contributed by atoms with Crippen LogP contribution in [0.5, 0.6) is 0 Å². The van der Waals surface area contributed by atoms with Crippen LogP contribution in [0.1, 0.15) is 53.5 Å². The van der Waals surface area contributed by atoms with E-state index in [1.165, 1.54) is 0 Å². The predicted octanol–water partition coefficient (Wildman–Crippen LogP) is 1.60. The molecule has 3 fully saturated rings. The first-order chi connectivity index (χ1) is 19.4. The second kappa shape index (κ2) is 12.5. The van der Waals surface area contributed by atoms with Crippen molar-refractivity contribution in [2.45, 2.75) is 38.6 Å². The van der Waals surface area contributed by atoms with Crippen molar-refractivity contribution in [1.29, 1.82) is 0 Å². The number of carbonyl (C=O) groups is 3. The molecule has 5 rings (SSSR count). The average molecular weight is 552 g/mol. The van der Waals surface area contributed by atoms with Gasteiger partial charge in [0.25, 0.3) is 11.8 Å². The first-order valence-electron chi connectivity index (χ1n) is 14.0. The molecule has 4 heterocycles. The number of hydrogen-bond acceptors (Lipinski definition) is 9. The second-order valence-corrected chi connectivity index (χ2v) is 10.7. The number of aromatic nitrogens is 3. The van der Waals surface area contributed by atoms with E-state index in [4.69, 9.17) is 10.5 Å². The Bertz CT molecular complexity index is 1210. The van der Waals surface area contributed by atoms with Crippen LogP contribution in [0.15, 0.2) is 24.3 Å². The molecule has 0 radical (unpaired) electrons. The van der Waals surface area contributed by atoms with Crippen molar-refractivity contribution in [2.24, 2.45) is 11.7 Å². The van der Waals surface area contributed by atoms with E-state index in [0.717, 1.165) is 38.8 Å². The monoisotopic (exact) mass is 551 g/mol. The molecule has 3 saturated heterocycles. The fraction of sp³-hybridized carbons (Fsp3) is 0.556. The normalized spacial score (nSPS) is 20.2. The van der Waals surface area contributed by atoms with Crippen molar-refractivity contribution in [3.63, 3.8) is 0 Å². The summed E-state index contributed by atoms with van der Waals surface area (Å²) >= 11 is 0. The molecule has 0 spiro atoms. The first-order valence-corrected chi connectivity index (χ1v) is 14.0. The van der Waals surface area contributed by atoms with Crippen molar-refractivity contribution in [3.05, 3.63) is 35.5 Å². The van der Waals surface area contributed by atoms with Gasteiger partial charge >= 0.3 is 6.03 Å². The third-order valence-corrected chi connectivity index (χ3v) is 7.70. The summed E-state index contributed by atoms with van der Waals surface area (Å²) in [4.78, 5) is 47.8. The van der Waals surface area contributed by atoms with Crippen LogP contribution in [-0.4, -0.2) is 101 Å². The maximum Gasteiger partial charge on any atom is 0.317 e. The molecule has 1 aromatic carbocycles. The summed E-state index contributed by atoms with van der Waals surface area (Å²) in [6, 6.07) is 6.86. The molecular weight excluding hydrogens is 514 g/mol. The minimum Gasteiger partial charge on any atom is -0.378 e.